The van der Waals surface area contributed by atoms with Crippen molar-refractivity contribution < 1.29 is 4.79 Å². The molecule has 118 valence electrons. The highest BCUT2D eigenvalue weighted by molar-refractivity contribution is 5.93. The molecule has 0 saturated heterocycles. The lowest BCUT2D eigenvalue weighted by atomic mass is 10.0. The number of carbonyl (C=O) groups excluding carboxylic acids is 1. The molecule has 3 nitrogen and oxygen atoms in total. The van der Waals surface area contributed by atoms with E-state index in [1.807, 2.05) is 50.4 Å². The van der Waals surface area contributed by atoms with Crippen LogP contribution in [0.15, 0.2) is 54.6 Å². The van der Waals surface area contributed by atoms with Crippen molar-refractivity contribution >= 4 is 24.0 Å². The van der Waals surface area contributed by atoms with Gasteiger partial charge in [0.05, 0.1) is 0 Å². The minimum absolute atomic E-state index is 0. The van der Waals surface area contributed by atoms with Gasteiger partial charge in [-0.05, 0) is 30.7 Å². The molecule has 2 rings (SSSR count). The number of amides is 1. The highest BCUT2D eigenvalue weighted by Crippen LogP contribution is 2.19. The van der Waals surface area contributed by atoms with Crippen molar-refractivity contribution in [3.63, 3.8) is 0 Å². The lowest BCUT2D eigenvalue weighted by Gasteiger charge is -2.14. The molecule has 0 radical (unpaired) electrons. The summed E-state index contributed by atoms with van der Waals surface area (Å²) in [5, 5.41) is 6.06. The van der Waals surface area contributed by atoms with Crippen LogP contribution in [0.3, 0.4) is 0 Å². The first-order chi connectivity index (χ1) is 10.2. The zero-order valence-corrected chi connectivity index (χ0v) is 13.8. The number of halogens is 1. The summed E-state index contributed by atoms with van der Waals surface area (Å²) < 4.78 is 0. The van der Waals surface area contributed by atoms with E-state index in [2.05, 4.69) is 28.8 Å². The second kappa shape index (κ2) is 9.23. The Labute approximate surface area is 138 Å². The van der Waals surface area contributed by atoms with E-state index in [-0.39, 0.29) is 24.2 Å². The summed E-state index contributed by atoms with van der Waals surface area (Å²) in [7, 11) is 1.85. The summed E-state index contributed by atoms with van der Waals surface area (Å²) >= 11 is 0. The first-order valence-electron chi connectivity index (χ1n) is 7.28. The van der Waals surface area contributed by atoms with Gasteiger partial charge in [0.1, 0.15) is 0 Å². The van der Waals surface area contributed by atoms with Crippen molar-refractivity contribution in [2.24, 2.45) is 5.92 Å². The molecule has 1 unspecified atom stereocenters. The average Bonchev–Trinajstić information content (AvgIpc) is 2.50. The van der Waals surface area contributed by atoms with Crippen molar-refractivity contribution in [1.82, 2.24) is 5.32 Å². The minimum atomic E-state index is -0.0558. The Kier molecular flexibility index (Phi) is 7.64. The van der Waals surface area contributed by atoms with Gasteiger partial charge in [-0.25, -0.2) is 0 Å². The Hall–Kier alpha value is -1.84. The first kappa shape index (κ1) is 18.2. The largest absolute Gasteiger partial charge is 0.326 e. The number of hydrogen-bond acceptors (Lipinski definition) is 2. The highest BCUT2D eigenvalue weighted by Gasteiger charge is 2.13. The van der Waals surface area contributed by atoms with E-state index in [1.165, 1.54) is 5.56 Å². The molecule has 2 aromatic carbocycles. The molecule has 0 aliphatic carbocycles. The molecule has 1 atom stereocenters. The topological polar surface area (TPSA) is 41.1 Å². The Bertz CT molecular complexity index is 587. The van der Waals surface area contributed by atoms with Crippen LogP contribution in [0.4, 0.5) is 5.69 Å². The molecule has 0 aromatic heterocycles. The fourth-order valence-electron chi connectivity index (χ4n) is 2.27. The van der Waals surface area contributed by atoms with Crippen LogP contribution in [0.25, 0.3) is 0 Å². The maximum absolute atomic E-state index is 12.2. The van der Waals surface area contributed by atoms with Crippen LogP contribution < -0.4 is 10.6 Å². The van der Waals surface area contributed by atoms with Gasteiger partial charge in [-0.15, -0.1) is 12.4 Å². The van der Waals surface area contributed by atoms with Crippen LogP contribution in [-0.2, 0) is 11.2 Å². The molecular weight excluding hydrogens is 296 g/mol. The van der Waals surface area contributed by atoms with Crippen LogP contribution in [0.2, 0.25) is 0 Å². The summed E-state index contributed by atoms with van der Waals surface area (Å²) in [6.45, 7) is 2.60. The number of carbonyl (C=O) groups is 1. The molecule has 2 aromatic rings. The lowest BCUT2D eigenvalue weighted by molar-refractivity contribution is -0.119. The van der Waals surface area contributed by atoms with Crippen LogP contribution in [0.1, 0.15) is 18.1 Å². The van der Waals surface area contributed by atoms with Crippen molar-refractivity contribution in [1.29, 1.82) is 0 Å². The Balaban J connectivity index is 0.00000242. The van der Waals surface area contributed by atoms with Gasteiger partial charge >= 0.3 is 0 Å². The fourth-order valence-corrected chi connectivity index (χ4v) is 2.27. The van der Waals surface area contributed by atoms with E-state index >= 15 is 0 Å². The second-order valence-corrected chi connectivity index (χ2v) is 5.27. The predicted octanol–water partition coefficient (Wildman–Crippen LogP) is 3.49. The number of rotatable bonds is 6. The molecular formula is C18H23ClN2O. The first-order valence-corrected chi connectivity index (χ1v) is 7.28. The maximum Gasteiger partial charge on any atom is 0.228 e. The van der Waals surface area contributed by atoms with Crippen molar-refractivity contribution in [3.05, 3.63) is 65.7 Å². The number of benzene rings is 2. The summed E-state index contributed by atoms with van der Waals surface area (Å²) in [4.78, 5) is 12.2. The normalized spacial score (nSPS) is 11.4. The molecule has 0 aliphatic heterocycles. The van der Waals surface area contributed by atoms with E-state index in [1.54, 1.807) is 0 Å². The lowest BCUT2D eigenvalue weighted by Crippen LogP contribution is -2.28. The quantitative estimate of drug-likeness (QED) is 0.856. The zero-order valence-electron chi connectivity index (χ0n) is 13.0. The summed E-state index contributed by atoms with van der Waals surface area (Å²) in [6.07, 6.45) is 0.817. The van der Waals surface area contributed by atoms with E-state index in [4.69, 9.17) is 0 Å². The number of para-hydroxylation sites is 1. The van der Waals surface area contributed by atoms with Crippen LogP contribution in [0.5, 0.6) is 0 Å². The van der Waals surface area contributed by atoms with Gasteiger partial charge < -0.3 is 10.6 Å². The van der Waals surface area contributed by atoms with Gasteiger partial charge in [0.2, 0.25) is 5.91 Å². The average molecular weight is 319 g/mol. The second-order valence-electron chi connectivity index (χ2n) is 5.27. The molecule has 0 spiro atoms. The molecule has 0 saturated carbocycles. The number of nitrogens with one attached hydrogen (secondary N) is 2. The van der Waals surface area contributed by atoms with Gasteiger partial charge in [0.25, 0.3) is 0 Å². The van der Waals surface area contributed by atoms with Crippen molar-refractivity contribution in [2.45, 2.75) is 13.3 Å². The van der Waals surface area contributed by atoms with E-state index in [0.29, 0.717) is 6.54 Å². The summed E-state index contributed by atoms with van der Waals surface area (Å²) in [6, 6.07) is 18.3. The molecule has 0 fully saturated rings. The molecule has 0 aliphatic rings. The number of hydrogen-bond donors (Lipinski definition) is 2. The Morgan fingerprint density at radius 2 is 1.68 bits per heavy atom. The Morgan fingerprint density at radius 3 is 2.36 bits per heavy atom. The third kappa shape index (κ3) is 5.17. The fraction of sp³-hybridized carbons (Fsp3) is 0.278. The maximum atomic E-state index is 12.2. The number of anilines is 1. The highest BCUT2D eigenvalue weighted by atomic mass is 35.5. The van der Waals surface area contributed by atoms with Gasteiger partial charge in [-0.1, -0.05) is 55.5 Å². The predicted molar refractivity (Wildman–Crippen MR) is 94.7 cm³/mol. The van der Waals surface area contributed by atoms with Crippen LogP contribution >= 0.6 is 12.4 Å². The SMILES string of the molecule is CNCC(C)C(=O)Nc1ccccc1Cc1ccccc1.Cl. The monoisotopic (exact) mass is 318 g/mol. The molecule has 1 amide bonds. The minimum Gasteiger partial charge on any atom is -0.326 e. The third-order valence-corrected chi connectivity index (χ3v) is 3.47. The molecule has 22 heavy (non-hydrogen) atoms. The molecule has 2 N–H and O–H groups in total. The molecule has 0 heterocycles. The summed E-state index contributed by atoms with van der Waals surface area (Å²) in [5.74, 6) is -0.00959. The molecule has 0 bridgehead atoms. The summed E-state index contributed by atoms with van der Waals surface area (Å²) in [5.41, 5.74) is 3.27. The van der Waals surface area contributed by atoms with E-state index in [0.717, 1.165) is 17.7 Å². The molecule has 4 heteroatoms. The third-order valence-electron chi connectivity index (χ3n) is 3.47. The van der Waals surface area contributed by atoms with E-state index in [9.17, 15) is 4.79 Å². The van der Waals surface area contributed by atoms with Crippen LogP contribution in [-0.4, -0.2) is 19.5 Å². The van der Waals surface area contributed by atoms with Crippen LogP contribution in [0, 0.1) is 5.92 Å². The zero-order chi connectivity index (χ0) is 15.1. The van der Waals surface area contributed by atoms with Gasteiger partial charge in [-0.3, -0.25) is 4.79 Å². The smallest absolute Gasteiger partial charge is 0.228 e. The van der Waals surface area contributed by atoms with Crippen molar-refractivity contribution in [2.75, 3.05) is 18.9 Å². The van der Waals surface area contributed by atoms with Gasteiger partial charge in [0, 0.05) is 18.2 Å². The van der Waals surface area contributed by atoms with E-state index < -0.39 is 0 Å². The van der Waals surface area contributed by atoms with Gasteiger partial charge in [0.15, 0.2) is 0 Å². The Morgan fingerprint density at radius 1 is 1.05 bits per heavy atom. The van der Waals surface area contributed by atoms with Crippen molar-refractivity contribution in [3.8, 4) is 0 Å². The standard InChI is InChI=1S/C18H22N2O.ClH/c1-14(13-19-2)18(21)20-17-11-7-6-10-16(17)12-15-8-4-3-5-9-15;/h3-11,14,19H,12-13H2,1-2H3,(H,20,21);1H. The van der Waals surface area contributed by atoms with Gasteiger partial charge in [-0.2, -0.15) is 0 Å².